The number of likely N-dealkylation sites (tertiary alicyclic amines) is 1. The molecule has 1 aromatic rings. The van der Waals surface area contributed by atoms with E-state index in [0.29, 0.717) is 19.5 Å². The standard InChI is InChI=1S/C21H30N4O3/c1-4-22-21(24-13-15(2)18(14-24)20(27)28-3)23-12-16-7-9-17(10-8-16)25-11-5-6-19(25)26/h7-10,15,18H,4-6,11-14H2,1-3H3,(H,22,23). The lowest BCUT2D eigenvalue weighted by atomic mass is 9.99. The van der Waals surface area contributed by atoms with Crippen molar-refractivity contribution in [1.29, 1.82) is 0 Å². The minimum atomic E-state index is -0.155. The van der Waals surface area contributed by atoms with Crippen LogP contribution in [0.2, 0.25) is 0 Å². The van der Waals surface area contributed by atoms with Crippen LogP contribution in [0.1, 0.15) is 32.3 Å². The summed E-state index contributed by atoms with van der Waals surface area (Å²) < 4.78 is 4.93. The topological polar surface area (TPSA) is 74.2 Å². The number of hydrogen-bond donors (Lipinski definition) is 1. The maximum absolute atomic E-state index is 12.0. The third-order valence-electron chi connectivity index (χ3n) is 5.48. The molecule has 0 spiro atoms. The third-order valence-corrected chi connectivity index (χ3v) is 5.48. The Hall–Kier alpha value is -2.57. The number of rotatable bonds is 5. The maximum Gasteiger partial charge on any atom is 0.310 e. The van der Waals surface area contributed by atoms with E-state index in [1.807, 2.05) is 36.1 Å². The number of guanidine groups is 1. The average molecular weight is 386 g/mol. The molecule has 1 aromatic carbocycles. The molecule has 2 aliphatic heterocycles. The Morgan fingerprint density at radius 2 is 2.04 bits per heavy atom. The largest absolute Gasteiger partial charge is 0.469 e. The van der Waals surface area contributed by atoms with Gasteiger partial charge in [0.05, 0.1) is 19.6 Å². The fraction of sp³-hybridized carbons (Fsp3) is 0.571. The number of aliphatic imine (C=N–C) groups is 1. The summed E-state index contributed by atoms with van der Waals surface area (Å²) >= 11 is 0. The van der Waals surface area contributed by atoms with Crippen LogP contribution in [0.4, 0.5) is 5.69 Å². The Morgan fingerprint density at radius 1 is 1.29 bits per heavy atom. The Bertz CT molecular complexity index is 732. The van der Waals surface area contributed by atoms with Gasteiger partial charge >= 0.3 is 5.97 Å². The highest BCUT2D eigenvalue weighted by Crippen LogP contribution is 2.25. The first-order valence-corrected chi connectivity index (χ1v) is 10.0. The molecule has 0 aliphatic carbocycles. The van der Waals surface area contributed by atoms with E-state index in [0.717, 1.165) is 43.3 Å². The highest BCUT2D eigenvalue weighted by Gasteiger charge is 2.36. The predicted molar refractivity (Wildman–Crippen MR) is 109 cm³/mol. The van der Waals surface area contributed by atoms with E-state index in [4.69, 9.17) is 9.73 Å². The summed E-state index contributed by atoms with van der Waals surface area (Å²) in [6, 6.07) is 8.04. The Kier molecular flexibility index (Phi) is 6.54. The number of methoxy groups -OCH3 is 1. The van der Waals surface area contributed by atoms with Crippen LogP contribution in [0.15, 0.2) is 29.3 Å². The second kappa shape index (κ2) is 9.08. The van der Waals surface area contributed by atoms with E-state index in [1.54, 1.807) is 0 Å². The van der Waals surface area contributed by atoms with Crippen molar-refractivity contribution < 1.29 is 14.3 Å². The SMILES string of the molecule is CCNC(=NCc1ccc(N2CCCC2=O)cc1)N1CC(C)C(C(=O)OC)C1. The molecule has 0 bridgehead atoms. The van der Waals surface area contributed by atoms with E-state index in [2.05, 4.69) is 17.1 Å². The minimum absolute atomic E-state index is 0.119. The smallest absolute Gasteiger partial charge is 0.310 e. The van der Waals surface area contributed by atoms with Crippen LogP contribution in [0, 0.1) is 11.8 Å². The number of nitrogens with zero attached hydrogens (tertiary/aromatic N) is 3. The molecule has 7 heteroatoms. The van der Waals surface area contributed by atoms with Gasteiger partial charge in [-0.05, 0) is 37.0 Å². The van der Waals surface area contributed by atoms with Crippen molar-refractivity contribution in [3.63, 3.8) is 0 Å². The van der Waals surface area contributed by atoms with Gasteiger partial charge in [0, 0.05) is 38.3 Å². The number of nitrogens with one attached hydrogen (secondary N) is 1. The number of amides is 1. The maximum atomic E-state index is 12.0. The number of hydrogen-bond acceptors (Lipinski definition) is 4. The van der Waals surface area contributed by atoms with Gasteiger partial charge in [-0.25, -0.2) is 4.99 Å². The molecule has 1 amide bonds. The van der Waals surface area contributed by atoms with Gasteiger partial charge in [0.2, 0.25) is 5.91 Å². The molecule has 1 N–H and O–H groups in total. The molecule has 7 nitrogen and oxygen atoms in total. The molecule has 3 rings (SSSR count). The number of carbonyl (C=O) groups excluding carboxylic acids is 2. The second-order valence-electron chi connectivity index (χ2n) is 7.50. The van der Waals surface area contributed by atoms with Gasteiger partial charge in [0.25, 0.3) is 0 Å². The monoisotopic (exact) mass is 386 g/mol. The fourth-order valence-electron chi connectivity index (χ4n) is 3.89. The minimum Gasteiger partial charge on any atom is -0.469 e. The summed E-state index contributed by atoms with van der Waals surface area (Å²) in [6.45, 7) is 7.62. The van der Waals surface area contributed by atoms with Gasteiger partial charge in [-0.1, -0.05) is 19.1 Å². The molecule has 0 radical (unpaired) electrons. The normalized spacial score (nSPS) is 22.7. The number of benzene rings is 1. The van der Waals surface area contributed by atoms with Crippen molar-refractivity contribution >= 4 is 23.5 Å². The molecule has 2 heterocycles. The first kappa shape index (κ1) is 20.2. The highest BCUT2D eigenvalue weighted by molar-refractivity contribution is 5.95. The molecule has 2 fully saturated rings. The van der Waals surface area contributed by atoms with E-state index in [-0.39, 0.29) is 23.7 Å². The fourth-order valence-corrected chi connectivity index (χ4v) is 3.89. The van der Waals surface area contributed by atoms with Crippen LogP contribution < -0.4 is 10.2 Å². The van der Waals surface area contributed by atoms with Gasteiger partial charge < -0.3 is 19.9 Å². The Balaban J connectivity index is 1.66. The van der Waals surface area contributed by atoms with E-state index < -0.39 is 0 Å². The lowest BCUT2D eigenvalue weighted by molar-refractivity contribution is -0.146. The molecule has 2 aliphatic rings. The number of esters is 1. The van der Waals surface area contributed by atoms with Crippen LogP contribution >= 0.6 is 0 Å². The summed E-state index contributed by atoms with van der Waals surface area (Å²) in [7, 11) is 1.44. The zero-order chi connectivity index (χ0) is 20.1. The highest BCUT2D eigenvalue weighted by atomic mass is 16.5. The summed E-state index contributed by atoms with van der Waals surface area (Å²) in [6.07, 6.45) is 1.57. The lowest BCUT2D eigenvalue weighted by Gasteiger charge is -2.21. The van der Waals surface area contributed by atoms with Crippen molar-refractivity contribution in [3.05, 3.63) is 29.8 Å². The molecule has 28 heavy (non-hydrogen) atoms. The van der Waals surface area contributed by atoms with E-state index in [9.17, 15) is 9.59 Å². The zero-order valence-electron chi connectivity index (χ0n) is 17.0. The van der Waals surface area contributed by atoms with Crippen molar-refractivity contribution in [2.24, 2.45) is 16.8 Å². The summed E-state index contributed by atoms with van der Waals surface area (Å²) in [5, 5.41) is 3.33. The second-order valence-corrected chi connectivity index (χ2v) is 7.50. The molecular formula is C21H30N4O3. The van der Waals surface area contributed by atoms with Crippen molar-refractivity contribution in [3.8, 4) is 0 Å². The average Bonchev–Trinajstić information content (AvgIpc) is 3.30. The van der Waals surface area contributed by atoms with Crippen LogP contribution in [0.25, 0.3) is 0 Å². The number of ether oxygens (including phenoxy) is 1. The summed E-state index contributed by atoms with van der Waals surface area (Å²) in [5.74, 6) is 0.973. The molecule has 2 unspecified atom stereocenters. The van der Waals surface area contributed by atoms with Crippen molar-refractivity contribution in [1.82, 2.24) is 10.2 Å². The van der Waals surface area contributed by atoms with Crippen LogP contribution in [0.3, 0.4) is 0 Å². The van der Waals surface area contributed by atoms with Crippen LogP contribution in [-0.2, 0) is 20.9 Å². The Labute approximate surface area is 166 Å². The zero-order valence-corrected chi connectivity index (χ0v) is 17.0. The first-order chi connectivity index (χ1) is 13.5. The quantitative estimate of drug-likeness (QED) is 0.476. The van der Waals surface area contributed by atoms with Gasteiger partial charge in [-0.2, -0.15) is 0 Å². The van der Waals surface area contributed by atoms with Gasteiger partial charge in [-0.15, -0.1) is 0 Å². The first-order valence-electron chi connectivity index (χ1n) is 10.0. The molecule has 0 aromatic heterocycles. The molecule has 2 saturated heterocycles. The molecule has 0 saturated carbocycles. The van der Waals surface area contributed by atoms with Crippen LogP contribution in [0.5, 0.6) is 0 Å². The van der Waals surface area contributed by atoms with Crippen molar-refractivity contribution in [2.75, 3.05) is 38.2 Å². The summed E-state index contributed by atoms with van der Waals surface area (Å²) in [5.41, 5.74) is 2.04. The van der Waals surface area contributed by atoms with Gasteiger partial charge in [-0.3, -0.25) is 9.59 Å². The van der Waals surface area contributed by atoms with Gasteiger partial charge in [0.1, 0.15) is 0 Å². The van der Waals surface area contributed by atoms with Crippen molar-refractivity contribution in [2.45, 2.75) is 33.2 Å². The predicted octanol–water partition coefficient (Wildman–Crippen LogP) is 2.02. The molecule has 2 atom stereocenters. The van der Waals surface area contributed by atoms with E-state index in [1.165, 1.54) is 7.11 Å². The molecule has 152 valence electrons. The number of carbonyl (C=O) groups is 2. The van der Waals surface area contributed by atoms with E-state index >= 15 is 0 Å². The van der Waals surface area contributed by atoms with Gasteiger partial charge in [0.15, 0.2) is 5.96 Å². The van der Waals surface area contributed by atoms with Crippen LogP contribution in [-0.4, -0.2) is 56.0 Å². The third kappa shape index (κ3) is 4.46. The molecular weight excluding hydrogens is 356 g/mol. The number of anilines is 1. The lowest BCUT2D eigenvalue weighted by Crippen LogP contribution is -2.40. The summed E-state index contributed by atoms with van der Waals surface area (Å²) in [4.78, 5) is 32.6. The Morgan fingerprint density at radius 3 is 2.64 bits per heavy atom.